The molecule has 0 fully saturated rings. The average Bonchev–Trinajstić information content (AvgIpc) is 3.22. The van der Waals surface area contributed by atoms with Gasteiger partial charge in [-0.1, -0.05) is 24.3 Å². The monoisotopic (exact) mass is 374 g/mol. The Morgan fingerprint density at radius 2 is 1.93 bits per heavy atom. The van der Waals surface area contributed by atoms with Gasteiger partial charge in [-0.15, -0.1) is 0 Å². The molecule has 0 unspecified atom stereocenters. The molecule has 1 aromatic heterocycles. The number of fused-ring (bicyclic) bond motifs is 1. The van der Waals surface area contributed by atoms with Gasteiger partial charge in [0.25, 0.3) is 5.91 Å². The topological polar surface area (TPSA) is 91.4 Å². The minimum Gasteiger partial charge on any atom is -0.497 e. The highest BCUT2D eigenvalue weighted by Crippen LogP contribution is 2.41. The number of aryl methyl sites for hydroxylation is 1. The molecule has 2 aromatic carbocycles. The normalized spacial score (nSPS) is 14.1. The molecule has 0 radical (unpaired) electrons. The van der Waals surface area contributed by atoms with E-state index in [1.54, 1.807) is 26.2 Å². The van der Waals surface area contributed by atoms with Crippen LogP contribution in [0.1, 0.15) is 27.3 Å². The first kappa shape index (κ1) is 17.6. The first-order chi connectivity index (χ1) is 13.5. The van der Waals surface area contributed by atoms with Crippen molar-refractivity contribution in [3.05, 3.63) is 71.0 Å². The van der Waals surface area contributed by atoms with Crippen LogP contribution in [0.25, 0.3) is 22.8 Å². The molecule has 4 rings (SSSR count). The number of methoxy groups -OCH3 is 1. The Hall–Kier alpha value is -3.80. The molecular weight excluding hydrogens is 356 g/mol. The molecule has 28 heavy (non-hydrogen) atoms. The van der Waals surface area contributed by atoms with E-state index in [1.165, 1.54) is 0 Å². The Kier molecular flexibility index (Phi) is 4.24. The summed E-state index contributed by atoms with van der Waals surface area (Å²) in [6, 6.07) is 14.9. The fraction of sp³-hybridized carbons (Fsp3) is 0.0909. The summed E-state index contributed by atoms with van der Waals surface area (Å²) in [4.78, 5) is 26.7. The number of anilines is 1. The van der Waals surface area contributed by atoms with Crippen molar-refractivity contribution in [3.8, 4) is 16.9 Å². The number of hydrogen-bond donors (Lipinski definition) is 3. The van der Waals surface area contributed by atoms with Gasteiger partial charge in [-0.2, -0.15) is 0 Å². The molecule has 3 aromatic rings. The molecule has 0 saturated heterocycles. The number of carboxylic acid groups (broad SMARTS) is 1. The van der Waals surface area contributed by atoms with E-state index in [1.807, 2.05) is 42.5 Å². The van der Waals surface area contributed by atoms with Gasteiger partial charge in [-0.25, -0.2) is 4.79 Å². The predicted octanol–water partition coefficient (Wildman–Crippen LogP) is 4.19. The second-order valence-electron chi connectivity index (χ2n) is 6.56. The highest BCUT2D eigenvalue weighted by atomic mass is 16.5. The molecular formula is C22H18N2O4. The molecule has 6 nitrogen and oxygen atoms in total. The molecule has 2 heterocycles. The molecule has 0 spiro atoms. The van der Waals surface area contributed by atoms with Crippen LogP contribution in [0.5, 0.6) is 5.75 Å². The van der Waals surface area contributed by atoms with Crippen LogP contribution in [0.15, 0.2) is 48.5 Å². The maximum absolute atomic E-state index is 12.7. The highest BCUT2D eigenvalue weighted by Gasteiger charge is 2.28. The molecule has 0 atom stereocenters. The van der Waals surface area contributed by atoms with Crippen LogP contribution < -0.4 is 10.1 Å². The number of nitrogens with one attached hydrogen (secondary N) is 2. The predicted molar refractivity (Wildman–Crippen MR) is 107 cm³/mol. The largest absolute Gasteiger partial charge is 0.497 e. The lowest BCUT2D eigenvalue weighted by Crippen LogP contribution is -2.03. The fourth-order valence-electron chi connectivity index (χ4n) is 3.40. The quantitative estimate of drug-likeness (QED) is 0.597. The number of carbonyl (C=O) groups excluding carboxylic acids is 1. The number of H-pyrrole nitrogens is 1. The van der Waals surface area contributed by atoms with Crippen molar-refractivity contribution in [2.75, 3.05) is 12.4 Å². The maximum Gasteiger partial charge on any atom is 0.352 e. The van der Waals surface area contributed by atoms with Crippen LogP contribution in [0.3, 0.4) is 0 Å². The van der Waals surface area contributed by atoms with E-state index < -0.39 is 5.97 Å². The standard InChI is InChI=1S/C22H18N2O4/c1-12-9-19(22(26)27)23-18(12)11-16-20-15(7-4-8-17(20)24-21(16)25)13-5-3-6-14(10-13)28-2/h3-11,23H,1-2H3,(H,24,25)(H,26,27). The summed E-state index contributed by atoms with van der Waals surface area (Å²) in [5.74, 6) is -0.540. The number of aromatic amines is 1. The van der Waals surface area contributed by atoms with Gasteiger partial charge >= 0.3 is 5.97 Å². The molecule has 6 heteroatoms. The highest BCUT2D eigenvalue weighted by molar-refractivity contribution is 6.36. The van der Waals surface area contributed by atoms with Crippen LogP contribution in [0.2, 0.25) is 0 Å². The summed E-state index contributed by atoms with van der Waals surface area (Å²) in [5.41, 5.74) is 5.24. The van der Waals surface area contributed by atoms with Crippen LogP contribution in [0, 0.1) is 6.92 Å². The van der Waals surface area contributed by atoms with E-state index in [4.69, 9.17) is 4.74 Å². The number of aromatic nitrogens is 1. The van der Waals surface area contributed by atoms with Crippen molar-refractivity contribution in [1.29, 1.82) is 0 Å². The third-order valence-electron chi connectivity index (χ3n) is 4.78. The van der Waals surface area contributed by atoms with Gasteiger partial charge in [0.15, 0.2) is 0 Å². The summed E-state index contributed by atoms with van der Waals surface area (Å²) in [6.45, 7) is 1.80. The van der Waals surface area contributed by atoms with Gasteiger partial charge in [-0.3, -0.25) is 4.79 Å². The zero-order valence-corrected chi connectivity index (χ0v) is 15.4. The fourth-order valence-corrected chi connectivity index (χ4v) is 3.40. The summed E-state index contributed by atoms with van der Waals surface area (Å²) >= 11 is 0. The number of amides is 1. The van der Waals surface area contributed by atoms with E-state index in [0.717, 1.165) is 33.7 Å². The average molecular weight is 374 g/mol. The van der Waals surface area contributed by atoms with Gasteiger partial charge in [0.05, 0.1) is 12.7 Å². The minimum atomic E-state index is -1.04. The summed E-state index contributed by atoms with van der Waals surface area (Å²) in [5, 5.41) is 12.1. The molecule has 3 N–H and O–H groups in total. The molecule has 1 aliphatic rings. The Balaban J connectivity index is 1.88. The number of carbonyl (C=O) groups is 2. The van der Waals surface area contributed by atoms with Gasteiger partial charge in [0.2, 0.25) is 0 Å². The van der Waals surface area contributed by atoms with Gasteiger partial charge in [0, 0.05) is 16.9 Å². The second kappa shape index (κ2) is 6.74. The molecule has 140 valence electrons. The zero-order chi connectivity index (χ0) is 19.8. The lowest BCUT2D eigenvalue weighted by molar-refractivity contribution is -0.110. The lowest BCUT2D eigenvalue weighted by Gasteiger charge is -2.10. The van der Waals surface area contributed by atoms with E-state index in [2.05, 4.69) is 10.3 Å². The van der Waals surface area contributed by atoms with E-state index in [9.17, 15) is 14.7 Å². The third kappa shape index (κ3) is 2.95. The number of rotatable bonds is 4. The number of aromatic carboxylic acids is 1. The molecule has 0 bridgehead atoms. The SMILES string of the molecule is COc1cccc(-c2cccc3c2C(=Cc2[nH]c(C(=O)O)cc2C)C(=O)N3)c1. The Morgan fingerprint density at radius 3 is 2.64 bits per heavy atom. The van der Waals surface area contributed by atoms with E-state index in [-0.39, 0.29) is 11.6 Å². The van der Waals surface area contributed by atoms with Crippen molar-refractivity contribution in [3.63, 3.8) is 0 Å². The number of benzene rings is 2. The van der Waals surface area contributed by atoms with Crippen LogP contribution >= 0.6 is 0 Å². The second-order valence-corrected chi connectivity index (χ2v) is 6.56. The van der Waals surface area contributed by atoms with E-state index >= 15 is 0 Å². The first-order valence-corrected chi connectivity index (χ1v) is 8.71. The number of hydrogen-bond acceptors (Lipinski definition) is 3. The molecule has 1 aliphatic heterocycles. The van der Waals surface area contributed by atoms with Crippen molar-refractivity contribution in [2.24, 2.45) is 0 Å². The molecule has 0 aliphatic carbocycles. The lowest BCUT2D eigenvalue weighted by atomic mass is 9.94. The van der Waals surface area contributed by atoms with Crippen LogP contribution in [0.4, 0.5) is 5.69 Å². The van der Waals surface area contributed by atoms with Crippen molar-refractivity contribution < 1.29 is 19.4 Å². The minimum absolute atomic E-state index is 0.0871. The van der Waals surface area contributed by atoms with Gasteiger partial charge < -0.3 is 20.1 Å². The van der Waals surface area contributed by atoms with Gasteiger partial charge in [0.1, 0.15) is 11.4 Å². The molecule has 0 saturated carbocycles. The zero-order valence-electron chi connectivity index (χ0n) is 15.4. The van der Waals surface area contributed by atoms with Crippen LogP contribution in [-0.4, -0.2) is 29.1 Å². The van der Waals surface area contributed by atoms with Crippen molar-refractivity contribution >= 4 is 29.2 Å². The van der Waals surface area contributed by atoms with Crippen molar-refractivity contribution in [1.82, 2.24) is 4.98 Å². The van der Waals surface area contributed by atoms with Crippen LogP contribution in [-0.2, 0) is 4.79 Å². The third-order valence-corrected chi connectivity index (χ3v) is 4.78. The molecule has 1 amide bonds. The van der Waals surface area contributed by atoms with Crippen molar-refractivity contribution in [2.45, 2.75) is 6.92 Å². The van der Waals surface area contributed by atoms with E-state index in [0.29, 0.717) is 11.3 Å². The first-order valence-electron chi connectivity index (χ1n) is 8.71. The smallest absolute Gasteiger partial charge is 0.352 e. The number of carboxylic acids is 1. The number of ether oxygens (including phenoxy) is 1. The Labute approximate surface area is 161 Å². The summed E-state index contributed by atoms with van der Waals surface area (Å²) in [7, 11) is 1.61. The Bertz CT molecular complexity index is 1140. The summed E-state index contributed by atoms with van der Waals surface area (Å²) < 4.78 is 5.32. The summed E-state index contributed by atoms with van der Waals surface area (Å²) in [6.07, 6.45) is 1.70. The maximum atomic E-state index is 12.7. The Morgan fingerprint density at radius 1 is 1.14 bits per heavy atom. The van der Waals surface area contributed by atoms with Gasteiger partial charge in [-0.05, 0) is 54.0 Å².